The fourth-order valence-electron chi connectivity index (χ4n) is 2.62. The molecule has 1 amide bonds. The summed E-state index contributed by atoms with van der Waals surface area (Å²) in [6.45, 7) is 0. The molecule has 1 aromatic carbocycles. The van der Waals surface area contributed by atoms with Gasteiger partial charge in [0.05, 0.1) is 11.7 Å². The molecule has 0 unspecified atom stereocenters. The van der Waals surface area contributed by atoms with E-state index in [-0.39, 0.29) is 5.91 Å². The first-order chi connectivity index (χ1) is 12.7. The van der Waals surface area contributed by atoms with Gasteiger partial charge in [-0.1, -0.05) is 11.6 Å². The number of halogens is 1. The molecule has 26 heavy (non-hydrogen) atoms. The molecule has 0 fully saturated rings. The van der Waals surface area contributed by atoms with Crippen LogP contribution < -0.4 is 10.6 Å². The van der Waals surface area contributed by atoms with Crippen molar-refractivity contribution in [1.82, 2.24) is 19.9 Å². The number of hydrogen-bond donors (Lipinski definition) is 3. The number of hydrogen-bond acceptors (Lipinski definition) is 5. The Balaban J connectivity index is 1.70. The monoisotopic (exact) mass is 364 g/mol. The molecule has 0 aliphatic carbocycles. The lowest BCUT2D eigenvalue weighted by Gasteiger charge is -2.09. The van der Waals surface area contributed by atoms with Gasteiger partial charge in [0.15, 0.2) is 0 Å². The highest BCUT2D eigenvalue weighted by Crippen LogP contribution is 2.26. The second kappa shape index (κ2) is 6.81. The molecule has 8 heteroatoms. The van der Waals surface area contributed by atoms with Crippen LogP contribution in [0.4, 0.5) is 17.3 Å². The van der Waals surface area contributed by atoms with E-state index >= 15 is 0 Å². The summed E-state index contributed by atoms with van der Waals surface area (Å²) in [6.07, 6.45) is 6.15. The maximum Gasteiger partial charge on any atom is 0.250 e. The Kier molecular flexibility index (Phi) is 4.20. The first-order valence-electron chi connectivity index (χ1n) is 7.75. The predicted octanol–water partition coefficient (Wildman–Crippen LogP) is 3.94. The van der Waals surface area contributed by atoms with Crippen LogP contribution in [0.15, 0.2) is 60.7 Å². The van der Waals surface area contributed by atoms with Crippen molar-refractivity contribution in [2.24, 2.45) is 0 Å². The van der Waals surface area contributed by atoms with E-state index in [0.717, 1.165) is 27.5 Å². The van der Waals surface area contributed by atoms with E-state index < -0.39 is 0 Å². The Morgan fingerprint density at radius 2 is 2.08 bits per heavy atom. The topological polar surface area (TPSA) is 95.6 Å². The maximum atomic E-state index is 11.7. The molecule has 0 bridgehead atoms. The Bertz CT molecular complexity index is 1140. The van der Waals surface area contributed by atoms with E-state index in [2.05, 4.69) is 30.6 Å². The fourth-order valence-corrected chi connectivity index (χ4v) is 2.73. The van der Waals surface area contributed by atoms with E-state index in [4.69, 9.17) is 11.6 Å². The quantitative estimate of drug-likeness (QED) is 0.477. The summed E-state index contributed by atoms with van der Waals surface area (Å²) in [5.74, 6) is 0.642. The number of aromatic amines is 1. The Morgan fingerprint density at radius 3 is 2.96 bits per heavy atom. The molecule has 4 rings (SSSR count). The van der Waals surface area contributed by atoms with Crippen LogP contribution >= 0.6 is 11.6 Å². The molecular weight excluding hydrogens is 352 g/mol. The van der Waals surface area contributed by atoms with Crippen LogP contribution in [-0.4, -0.2) is 25.8 Å². The smallest absolute Gasteiger partial charge is 0.250 e. The number of rotatable bonds is 4. The van der Waals surface area contributed by atoms with Gasteiger partial charge in [-0.05, 0) is 30.3 Å². The van der Waals surface area contributed by atoms with Crippen LogP contribution in [0.25, 0.3) is 21.8 Å². The largest absolute Gasteiger partial charge is 0.361 e. The van der Waals surface area contributed by atoms with Gasteiger partial charge >= 0.3 is 0 Å². The molecule has 0 saturated heterocycles. The van der Waals surface area contributed by atoms with Crippen LogP contribution in [-0.2, 0) is 4.79 Å². The number of H-pyrrole nitrogens is 1. The number of nitrogens with zero attached hydrogens (tertiary/aromatic N) is 3. The number of nitrogens with one attached hydrogen (secondary N) is 3. The number of amides is 1. The highest BCUT2D eigenvalue weighted by atomic mass is 35.5. The number of anilines is 3. The van der Waals surface area contributed by atoms with Crippen LogP contribution in [0.1, 0.15) is 0 Å². The van der Waals surface area contributed by atoms with Gasteiger partial charge in [-0.25, -0.2) is 15.0 Å². The average Bonchev–Trinajstić information content (AvgIpc) is 3.10. The van der Waals surface area contributed by atoms with Crippen molar-refractivity contribution in [3.63, 3.8) is 0 Å². The van der Waals surface area contributed by atoms with Crippen molar-refractivity contribution < 1.29 is 4.79 Å². The Morgan fingerprint density at radius 1 is 1.15 bits per heavy atom. The van der Waals surface area contributed by atoms with Gasteiger partial charge in [-0.3, -0.25) is 4.79 Å². The second-order valence-corrected chi connectivity index (χ2v) is 5.75. The zero-order valence-corrected chi connectivity index (χ0v) is 14.2. The lowest BCUT2D eigenvalue weighted by Crippen LogP contribution is -2.09. The third-order valence-corrected chi connectivity index (χ3v) is 3.93. The van der Waals surface area contributed by atoms with Gasteiger partial charge < -0.3 is 15.6 Å². The maximum absolute atomic E-state index is 11.7. The molecule has 4 aromatic rings. The van der Waals surface area contributed by atoms with Crippen LogP contribution in [0.5, 0.6) is 0 Å². The van der Waals surface area contributed by atoms with Gasteiger partial charge in [-0.15, -0.1) is 0 Å². The summed E-state index contributed by atoms with van der Waals surface area (Å²) in [7, 11) is 0. The van der Waals surface area contributed by atoms with Gasteiger partial charge in [0.1, 0.15) is 18.0 Å². The minimum Gasteiger partial charge on any atom is -0.361 e. The van der Waals surface area contributed by atoms with Crippen molar-refractivity contribution in [2.75, 3.05) is 10.6 Å². The van der Waals surface area contributed by atoms with E-state index in [1.54, 1.807) is 12.3 Å². The standard InChI is InChI=1S/C18H13ClN6O/c19-5-3-17(26)25-16-8-13-15(9-21-16)22-10-23-18(13)24-12-1-2-14-11(7-12)4-6-20-14/h1-10,20H,(H,21,25,26)(H,22,23,24). The van der Waals surface area contributed by atoms with Crippen molar-refractivity contribution in [3.8, 4) is 0 Å². The van der Waals surface area contributed by atoms with Crippen molar-refractivity contribution in [2.45, 2.75) is 0 Å². The molecular formula is C18H13ClN6O. The molecule has 128 valence electrons. The second-order valence-electron chi connectivity index (χ2n) is 5.50. The molecule has 0 aliphatic heterocycles. The Hall–Kier alpha value is -3.45. The van der Waals surface area contributed by atoms with E-state index in [9.17, 15) is 4.79 Å². The van der Waals surface area contributed by atoms with Gasteiger partial charge in [0.2, 0.25) is 5.91 Å². The first-order valence-corrected chi connectivity index (χ1v) is 8.19. The normalized spacial score (nSPS) is 11.3. The number of aromatic nitrogens is 4. The SMILES string of the molecule is O=C(C=CCl)Nc1cc2c(Nc3ccc4[nH]ccc4c3)ncnc2cn1. The van der Waals surface area contributed by atoms with Crippen molar-refractivity contribution >= 4 is 56.6 Å². The molecule has 3 aromatic heterocycles. The van der Waals surface area contributed by atoms with Crippen molar-refractivity contribution in [1.29, 1.82) is 0 Å². The molecule has 0 aliphatic rings. The zero-order valence-electron chi connectivity index (χ0n) is 13.4. The first kappa shape index (κ1) is 16.0. The molecule has 0 radical (unpaired) electrons. The molecule has 3 N–H and O–H groups in total. The molecule has 0 spiro atoms. The predicted molar refractivity (Wildman–Crippen MR) is 103 cm³/mol. The third kappa shape index (κ3) is 3.20. The van der Waals surface area contributed by atoms with Gasteiger partial charge in [0, 0.05) is 39.8 Å². The summed E-state index contributed by atoms with van der Waals surface area (Å²) in [6, 6.07) is 9.69. The number of carbonyl (C=O) groups excluding carboxylic acids is 1. The van der Waals surface area contributed by atoms with Crippen LogP contribution in [0.3, 0.4) is 0 Å². The average molecular weight is 365 g/mol. The van der Waals surface area contributed by atoms with Crippen molar-refractivity contribution in [3.05, 3.63) is 60.7 Å². The summed E-state index contributed by atoms with van der Waals surface area (Å²) < 4.78 is 0. The zero-order chi connectivity index (χ0) is 17.9. The number of benzene rings is 1. The molecule has 7 nitrogen and oxygen atoms in total. The summed E-state index contributed by atoms with van der Waals surface area (Å²) in [5.41, 5.74) is 3.76. The van der Waals surface area contributed by atoms with E-state index in [0.29, 0.717) is 17.2 Å². The van der Waals surface area contributed by atoms with E-state index in [1.165, 1.54) is 12.4 Å². The van der Waals surface area contributed by atoms with E-state index in [1.807, 2.05) is 30.5 Å². The van der Waals surface area contributed by atoms with Gasteiger partial charge in [-0.2, -0.15) is 0 Å². The highest BCUT2D eigenvalue weighted by molar-refractivity contribution is 6.27. The summed E-state index contributed by atoms with van der Waals surface area (Å²) in [5, 5.41) is 7.76. The third-order valence-electron chi connectivity index (χ3n) is 3.80. The minimum atomic E-state index is -0.365. The minimum absolute atomic E-state index is 0.365. The molecule has 0 saturated carbocycles. The summed E-state index contributed by atoms with van der Waals surface area (Å²) in [4.78, 5) is 27.5. The highest BCUT2D eigenvalue weighted by Gasteiger charge is 2.08. The number of fused-ring (bicyclic) bond motifs is 2. The van der Waals surface area contributed by atoms with Crippen LogP contribution in [0.2, 0.25) is 0 Å². The molecule has 0 atom stereocenters. The Labute approximate surface area is 153 Å². The van der Waals surface area contributed by atoms with Gasteiger partial charge in [0.25, 0.3) is 0 Å². The lowest BCUT2D eigenvalue weighted by atomic mass is 10.2. The fraction of sp³-hybridized carbons (Fsp3) is 0. The summed E-state index contributed by atoms with van der Waals surface area (Å²) >= 11 is 5.41. The van der Waals surface area contributed by atoms with Crippen LogP contribution in [0, 0.1) is 0 Å². The lowest BCUT2D eigenvalue weighted by molar-refractivity contribution is -0.111. The number of carbonyl (C=O) groups is 1. The molecule has 3 heterocycles. The number of pyridine rings is 1.